The summed E-state index contributed by atoms with van der Waals surface area (Å²) in [6.45, 7) is 4.23. The van der Waals surface area contributed by atoms with Gasteiger partial charge in [-0.2, -0.15) is 0 Å². The summed E-state index contributed by atoms with van der Waals surface area (Å²) in [4.78, 5) is 23.0. The van der Waals surface area contributed by atoms with Gasteiger partial charge in [-0.1, -0.05) is 106 Å². The molecule has 0 radical (unpaired) electrons. The maximum absolute atomic E-state index is 12.8. The second-order valence-corrected chi connectivity index (χ2v) is 15.7. The van der Waals surface area contributed by atoms with E-state index in [0.717, 1.165) is 64.2 Å². The number of rotatable bonds is 33. The lowest BCUT2D eigenvalue weighted by Gasteiger charge is -2.25. The molecule has 1 unspecified atom stereocenters. The molecule has 0 bridgehead atoms. The van der Waals surface area contributed by atoms with Crippen molar-refractivity contribution in [2.24, 2.45) is 0 Å². The molecule has 0 aliphatic carbocycles. The molecule has 10 heteroatoms. The van der Waals surface area contributed by atoms with Gasteiger partial charge in [-0.3, -0.25) is 13.8 Å². The summed E-state index contributed by atoms with van der Waals surface area (Å²) in [5.74, 6) is -0.258. The smallest absolute Gasteiger partial charge is 0.393 e. The van der Waals surface area contributed by atoms with Crippen LogP contribution in [0.25, 0.3) is 0 Å². The number of unbranched alkanes of at least 4 members (excludes halogenated alkanes) is 8. The Morgan fingerprint density at radius 1 is 0.725 bits per heavy atom. The van der Waals surface area contributed by atoms with Gasteiger partial charge in [-0.15, -0.1) is 0 Å². The molecule has 4 atom stereocenters. The van der Waals surface area contributed by atoms with Crippen LogP contribution in [0.3, 0.4) is 0 Å². The van der Waals surface area contributed by atoms with Crippen LogP contribution in [0.4, 0.5) is 0 Å². The molecule has 0 aliphatic heterocycles. The van der Waals surface area contributed by atoms with Crippen molar-refractivity contribution >= 4 is 13.7 Å². The number of carbonyl (C=O) groups is 1. The lowest BCUT2D eigenvalue weighted by atomic mass is 10.1. The molecule has 0 saturated heterocycles. The normalized spacial score (nSPS) is 16.0. The van der Waals surface area contributed by atoms with Crippen molar-refractivity contribution in [3.05, 3.63) is 72.9 Å². The fraction of sp³-hybridized carbons (Fsp3) is 0.683. The standard InChI is InChI=1S/C41H73N2O7P/c1-6-7-8-9-10-11-17-21-24-27-30-33-40(45)39(37-50-51(47,48)49-36-35-43(3,4)5)42-41(46)34-31-28-25-22-19-16-14-12-13-15-18-20-23-26-29-32-38(2)44/h13-17,20-23,25,30,33,38-40,44-45H,6-12,18-19,24,26-29,31-32,34-37H2,1-5H3,(H-,42,46,47,48)/p+1/b15-13-,16-14-,21-17-,23-20-,25-22-,33-30+/t38-,39-,40+/m0/s1. The highest BCUT2D eigenvalue weighted by Gasteiger charge is 2.27. The Balaban J connectivity index is 4.66. The molecular weight excluding hydrogens is 663 g/mol. The molecule has 0 aromatic carbocycles. The van der Waals surface area contributed by atoms with Gasteiger partial charge < -0.3 is 24.9 Å². The lowest BCUT2D eigenvalue weighted by Crippen LogP contribution is -2.45. The first-order valence-electron chi connectivity index (χ1n) is 19.4. The second kappa shape index (κ2) is 32.5. The third-order valence-electron chi connectivity index (χ3n) is 7.92. The minimum atomic E-state index is -4.36. The Labute approximate surface area is 311 Å². The van der Waals surface area contributed by atoms with Crippen molar-refractivity contribution in [3.8, 4) is 0 Å². The van der Waals surface area contributed by atoms with Crippen molar-refractivity contribution in [1.29, 1.82) is 0 Å². The van der Waals surface area contributed by atoms with Crippen LogP contribution >= 0.6 is 7.82 Å². The number of phosphoric ester groups is 1. The molecule has 0 spiro atoms. The molecule has 0 heterocycles. The van der Waals surface area contributed by atoms with E-state index in [2.05, 4.69) is 73.0 Å². The molecule has 0 aromatic rings. The minimum absolute atomic E-state index is 0.0362. The Morgan fingerprint density at radius 2 is 1.25 bits per heavy atom. The number of hydrogen-bond donors (Lipinski definition) is 4. The molecule has 0 saturated carbocycles. The predicted molar refractivity (Wildman–Crippen MR) is 213 cm³/mol. The summed E-state index contributed by atoms with van der Waals surface area (Å²) in [5, 5.41) is 22.9. The van der Waals surface area contributed by atoms with Crippen LogP contribution in [0.5, 0.6) is 0 Å². The number of nitrogens with one attached hydrogen (secondary N) is 1. The van der Waals surface area contributed by atoms with Crippen LogP contribution < -0.4 is 5.32 Å². The topological polar surface area (TPSA) is 125 Å². The van der Waals surface area contributed by atoms with E-state index in [1.54, 1.807) is 6.08 Å². The molecule has 294 valence electrons. The SMILES string of the molecule is CCCCCCC/C=C\CC/C=C/[C@@H](O)[C@H](COP(=O)(O)OCC[N+](C)(C)C)NC(=O)CCC/C=C\C/C=C\C/C=C\C/C=C\CCC[C@H](C)O. The summed E-state index contributed by atoms with van der Waals surface area (Å²) in [6.07, 6.45) is 39.7. The van der Waals surface area contributed by atoms with Crippen LogP contribution in [-0.4, -0.2) is 84.6 Å². The van der Waals surface area contributed by atoms with E-state index in [1.165, 1.54) is 32.1 Å². The monoisotopic (exact) mass is 738 g/mol. The van der Waals surface area contributed by atoms with E-state index >= 15 is 0 Å². The molecular formula is C41H74N2O7P+. The van der Waals surface area contributed by atoms with Crippen molar-refractivity contribution in [1.82, 2.24) is 5.32 Å². The molecule has 0 aliphatic rings. The molecule has 1 amide bonds. The van der Waals surface area contributed by atoms with Crippen LogP contribution in [0.1, 0.15) is 123 Å². The predicted octanol–water partition coefficient (Wildman–Crippen LogP) is 9.04. The molecule has 9 nitrogen and oxygen atoms in total. The Kier molecular flexibility index (Phi) is 31.2. The Bertz CT molecular complexity index is 1080. The number of likely N-dealkylation sites (N-methyl/N-ethyl adjacent to an activating group) is 1. The first-order chi connectivity index (χ1) is 24.4. The zero-order valence-electron chi connectivity index (χ0n) is 32.7. The van der Waals surface area contributed by atoms with E-state index in [4.69, 9.17) is 9.05 Å². The van der Waals surface area contributed by atoms with Gasteiger partial charge in [-0.05, 0) is 84.0 Å². The third-order valence-corrected chi connectivity index (χ3v) is 8.90. The van der Waals surface area contributed by atoms with E-state index in [-0.39, 0.29) is 31.6 Å². The van der Waals surface area contributed by atoms with E-state index in [9.17, 15) is 24.5 Å². The number of carbonyl (C=O) groups excluding carboxylic acids is 1. The Hall–Kier alpha value is -2.10. The lowest BCUT2D eigenvalue weighted by molar-refractivity contribution is -0.870. The largest absolute Gasteiger partial charge is 0.472 e. The first kappa shape index (κ1) is 48.9. The maximum Gasteiger partial charge on any atom is 0.472 e. The Morgan fingerprint density at radius 3 is 1.86 bits per heavy atom. The number of amides is 1. The van der Waals surface area contributed by atoms with Gasteiger partial charge in [0, 0.05) is 6.42 Å². The number of nitrogens with zero attached hydrogens (tertiary/aromatic N) is 1. The molecule has 51 heavy (non-hydrogen) atoms. The number of quaternary nitrogens is 1. The second-order valence-electron chi connectivity index (χ2n) is 14.2. The molecule has 0 aromatic heterocycles. The van der Waals surface area contributed by atoms with Crippen LogP contribution in [0, 0.1) is 0 Å². The summed E-state index contributed by atoms with van der Waals surface area (Å²) >= 11 is 0. The zero-order valence-corrected chi connectivity index (χ0v) is 33.6. The van der Waals surface area contributed by atoms with Crippen molar-refractivity contribution in [2.45, 2.75) is 141 Å². The minimum Gasteiger partial charge on any atom is -0.393 e. The van der Waals surface area contributed by atoms with Crippen molar-refractivity contribution < 1.29 is 38.0 Å². The van der Waals surface area contributed by atoms with Gasteiger partial charge in [0.05, 0.1) is 46.0 Å². The van der Waals surface area contributed by atoms with Crippen molar-refractivity contribution in [2.75, 3.05) is 40.9 Å². The number of aliphatic hydroxyl groups excluding tert-OH is 2. The number of hydrogen-bond acceptors (Lipinski definition) is 6. The van der Waals surface area contributed by atoms with Gasteiger partial charge in [0.15, 0.2) is 0 Å². The average Bonchev–Trinajstić information content (AvgIpc) is 3.06. The fourth-order valence-corrected chi connectivity index (χ4v) is 5.51. The average molecular weight is 738 g/mol. The maximum atomic E-state index is 12.8. The van der Waals surface area contributed by atoms with Gasteiger partial charge in [0.2, 0.25) is 5.91 Å². The van der Waals surface area contributed by atoms with Crippen molar-refractivity contribution in [3.63, 3.8) is 0 Å². The fourth-order valence-electron chi connectivity index (χ4n) is 4.77. The highest BCUT2D eigenvalue weighted by atomic mass is 31.2. The van der Waals surface area contributed by atoms with Gasteiger partial charge in [-0.25, -0.2) is 4.57 Å². The number of aliphatic hydroxyl groups is 2. The van der Waals surface area contributed by atoms with E-state index in [0.29, 0.717) is 17.4 Å². The quantitative estimate of drug-likeness (QED) is 0.0229. The summed E-state index contributed by atoms with van der Waals surface area (Å²) in [6, 6.07) is -0.901. The molecule has 0 rings (SSSR count). The first-order valence-corrected chi connectivity index (χ1v) is 20.8. The number of allylic oxidation sites excluding steroid dienone is 11. The number of phosphoric acid groups is 1. The highest BCUT2D eigenvalue weighted by Crippen LogP contribution is 2.43. The summed E-state index contributed by atoms with van der Waals surface area (Å²) in [7, 11) is 1.48. The van der Waals surface area contributed by atoms with Crippen LogP contribution in [0.2, 0.25) is 0 Å². The zero-order chi connectivity index (χ0) is 38.1. The third kappa shape index (κ3) is 36.1. The van der Waals surface area contributed by atoms with E-state index in [1.807, 2.05) is 34.1 Å². The molecule has 4 N–H and O–H groups in total. The van der Waals surface area contributed by atoms with Gasteiger partial charge in [0.1, 0.15) is 13.2 Å². The highest BCUT2D eigenvalue weighted by molar-refractivity contribution is 7.47. The van der Waals surface area contributed by atoms with Gasteiger partial charge in [0.25, 0.3) is 0 Å². The van der Waals surface area contributed by atoms with E-state index < -0.39 is 20.0 Å². The summed E-state index contributed by atoms with van der Waals surface area (Å²) in [5.41, 5.74) is 0. The summed E-state index contributed by atoms with van der Waals surface area (Å²) < 4.78 is 23.4. The van der Waals surface area contributed by atoms with Crippen LogP contribution in [0.15, 0.2) is 72.9 Å². The van der Waals surface area contributed by atoms with Gasteiger partial charge >= 0.3 is 7.82 Å². The molecule has 0 fully saturated rings. The van der Waals surface area contributed by atoms with Crippen LogP contribution in [-0.2, 0) is 18.4 Å².